The Balaban J connectivity index is 1.68. The fourth-order valence-corrected chi connectivity index (χ4v) is 3.80. The van der Waals surface area contributed by atoms with Crippen molar-refractivity contribution in [2.45, 2.75) is 77.6 Å². The van der Waals surface area contributed by atoms with E-state index in [-0.39, 0.29) is 0 Å². The van der Waals surface area contributed by atoms with Gasteiger partial charge in [-0.2, -0.15) is 0 Å². The van der Waals surface area contributed by atoms with Crippen LogP contribution in [0.15, 0.2) is 0 Å². The Morgan fingerprint density at radius 3 is 2.47 bits per heavy atom. The standard InChI is InChI=1S/C16H28O/c1-13-6-5-7-14(12-13)10-11-16(17)15-8-3-2-4-9-15/h13-15H,2-12H2,1H3. The number of carbonyl (C=O) groups excluding carboxylic acids is 1. The largest absolute Gasteiger partial charge is 0.299 e. The highest BCUT2D eigenvalue weighted by atomic mass is 16.1. The summed E-state index contributed by atoms with van der Waals surface area (Å²) in [6.07, 6.45) is 13.9. The van der Waals surface area contributed by atoms with Gasteiger partial charge in [-0.25, -0.2) is 0 Å². The molecule has 17 heavy (non-hydrogen) atoms. The SMILES string of the molecule is CC1CCCC(CCC(=O)C2CCCCC2)C1. The Morgan fingerprint density at radius 1 is 1.00 bits per heavy atom. The monoisotopic (exact) mass is 236 g/mol. The molecule has 0 aromatic heterocycles. The van der Waals surface area contributed by atoms with Gasteiger partial charge < -0.3 is 0 Å². The maximum Gasteiger partial charge on any atom is 0.135 e. The van der Waals surface area contributed by atoms with Crippen LogP contribution < -0.4 is 0 Å². The lowest BCUT2D eigenvalue weighted by Crippen LogP contribution is -2.20. The molecule has 0 heterocycles. The van der Waals surface area contributed by atoms with Gasteiger partial charge in [0.15, 0.2) is 0 Å². The molecule has 0 aromatic rings. The molecule has 1 nitrogen and oxygen atoms in total. The van der Waals surface area contributed by atoms with Gasteiger partial charge in [-0.05, 0) is 37.5 Å². The molecule has 0 N–H and O–H groups in total. The molecule has 0 saturated heterocycles. The van der Waals surface area contributed by atoms with Gasteiger partial charge >= 0.3 is 0 Å². The van der Waals surface area contributed by atoms with Crippen LogP contribution in [0.3, 0.4) is 0 Å². The molecule has 2 saturated carbocycles. The van der Waals surface area contributed by atoms with E-state index in [2.05, 4.69) is 6.92 Å². The van der Waals surface area contributed by atoms with E-state index in [1.54, 1.807) is 0 Å². The van der Waals surface area contributed by atoms with Crippen LogP contribution >= 0.6 is 0 Å². The Bertz CT molecular complexity index is 240. The molecule has 1 heteroatoms. The second-order valence-corrected chi connectivity index (χ2v) is 6.48. The average Bonchev–Trinajstić information content (AvgIpc) is 2.37. The van der Waals surface area contributed by atoms with Crippen LogP contribution in [0.5, 0.6) is 0 Å². The van der Waals surface area contributed by atoms with Crippen molar-refractivity contribution in [1.29, 1.82) is 0 Å². The van der Waals surface area contributed by atoms with Crippen LogP contribution in [-0.2, 0) is 4.79 Å². The van der Waals surface area contributed by atoms with Crippen molar-refractivity contribution in [1.82, 2.24) is 0 Å². The first-order chi connectivity index (χ1) is 8.25. The summed E-state index contributed by atoms with van der Waals surface area (Å²) >= 11 is 0. The highest BCUT2D eigenvalue weighted by molar-refractivity contribution is 5.81. The van der Waals surface area contributed by atoms with Gasteiger partial charge in [0.05, 0.1) is 0 Å². The number of Topliss-reactive ketones (excluding diaryl/α,β-unsaturated/α-hetero) is 1. The third-order valence-corrected chi connectivity index (χ3v) is 4.90. The molecule has 0 aliphatic heterocycles. The van der Waals surface area contributed by atoms with Gasteiger partial charge in [-0.15, -0.1) is 0 Å². The lowest BCUT2D eigenvalue weighted by Gasteiger charge is -2.27. The first kappa shape index (κ1) is 13.1. The van der Waals surface area contributed by atoms with Crippen molar-refractivity contribution in [3.8, 4) is 0 Å². The number of carbonyl (C=O) groups is 1. The van der Waals surface area contributed by atoms with Gasteiger partial charge in [0.2, 0.25) is 0 Å². The third kappa shape index (κ3) is 4.12. The molecule has 2 rings (SSSR count). The topological polar surface area (TPSA) is 17.1 Å². The van der Waals surface area contributed by atoms with Crippen LogP contribution in [0.4, 0.5) is 0 Å². The van der Waals surface area contributed by atoms with E-state index in [9.17, 15) is 4.79 Å². The second-order valence-electron chi connectivity index (χ2n) is 6.48. The molecule has 2 aliphatic rings. The summed E-state index contributed by atoms with van der Waals surface area (Å²) < 4.78 is 0. The maximum atomic E-state index is 12.1. The quantitative estimate of drug-likeness (QED) is 0.689. The summed E-state index contributed by atoms with van der Waals surface area (Å²) in [7, 11) is 0. The van der Waals surface area contributed by atoms with Crippen LogP contribution in [0, 0.1) is 17.8 Å². The van der Waals surface area contributed by atoms with E-state index in [1.807, 2.05) is 0 Å². The average molecular weight is 236 g/mol. The summed E-state index contributed by atoms with van der Waals surface area (Å²) in [5.41, 5.74) is 0. The minimum absolute atomic E-state index is 0.435. The molecule has 2 fully saturated rings. The van der Waals surface area contributed by atoms with Crippen molar-refractivity contribution >= 4 is 5.78 Å². The molecule has 98 valence electrons. The molecular weight excluding hydrogens is 208 g/mol. The minimum Gasteiger partial charge on any atom is -0.299 e. The van der Waals surface area contributed by atoms with Gasteiger partial charge in [-0.1, -0.05) is 45.4 Å². The zero-order chi connectivity index (χ0) is 12.1. The maximum absolute atomic E-state index is 12.1. The summed E-state index contributed by atoms with van der Waals surface area (Å²) in [5, 5.41) is 0. The van der Waals surface area contributed by atoms with E-state index in [1.165, 1.54) is 64.2 Å². The number of rotatable bonds is 4. The highest BCUT2D eigenvalue weighted by Gasteiger charge is 2.23. The van der Waals surface area contributed by atoms with Crippen molar-refractivity contribution in [3.63, 3.8) is 0 Å². The lowest BCUT2D eigenvalue weighted by atomic mass is 9.78. The van der Waals surface area contributed by atoms with Crippen molar-refractivity contribution in [2.24, 2.45) is 17.8 Å². The molecule has 2 unspecified atom stereocenters. The number of hydrogen-bond acceptors (Lipinski definition) is 1. The van der Waals surface area contributed by atoms with Crippen LogP contribution in [0.25, 0.3) is 0 Å². The van der Waals surface area contributed by atoms with E-state index >= 15 is 0 Å². The molecule has 0 amide bonds. The zero-order valence-corrected chi connectivity index (χ0v) is 11.4. The summed E-state index contributed by atoms with van der Waals surface area (Å²) in [6, 6.07) is 0. The fourth-order valence-electron chi connectivity index (χ4n) is 3.80. The van der Waals surface area contributed by atoms with Gasteiger partial charge in [0, 0.05) is 12.3 Å². The first-order valence-corrected chi connectivity index (χ1v) is 7.78. The van der Waals surface area contributed by atoms with Gasteiger partial charge in [0.1, 0.15) is 5.78 Å². The van der Waals surface area contributed by atoms with Crippen molar-refractivity contribution in [2.75, 3.05) is 0 Å². The zero-order valence-electron chi connectivity index (χ0n) is 11.4. The Morgan fingerprint density at radius 2 is 1.76 bits per heavy atom. The Labute approximate surface area is 106 Å². The number of ketones is 1. The molecule has 0 radical (unpaired) electrons. The van der Waals surface area contributed by atoms with E-state index in [4.69, 9.17) is 0 Å². The molecular formula is C16H28O. The van der Waals surface area contributed by atoms with Crippen LogP contribution in [0.2, 0.25) is 0 Å². The predicted molar refractivity (Wildman–Crippen MR) is 71.9 cm³/mol. The molecule has 2 atom stereocenters. The predicted octanol–water partition coefficient (Wildman–Crippen LogP) is 4.74. The second kappa shape index (κ2) is 6.56. The minimum atomic E-state index is 0.435. The third-order valence-electron chi connectivity index (χ3n) is 4.90. The van der Waals surface area contributed by atoms with E-state index < -0.39 is 0 Å². The van der Waals surface area contributed by atoms with E-state index in [0.29, 0.717) is 11.7 Å². The molecule has 0 spiro atoms. The van der Waals surface area contributed by atoms with Gasteiger partial charge in [-0.3, -0.25) is 4.79 Å². The molecule has 0 bridgehead atoms. The van der Waals surface area contributed by atoms with E-state index in [0.717, 1.165) is 18.3 Å². The fraction of sp³-hybridized carbons (Fsp3) is 0.938. The lowest BCUT2D eigenvalue weighted by molar-refractivity contribution is -0.124. The van der Waals surface area contributed by atoms with Crippen LogP contribution in [-0.4, -0.2) is 5.78 Å². The Hall–Kier alpha value is -0.330. The summed E-state index contributed by atoms with van der Waals surface area (Å²) in [5.74, 6) is 2.78. The number of hydrogen-bond donors (Lipinski definition) is 0. The molecule has 0 aromatic carbocycles. The van der Waals surface area contributed by atoms with Crippen LogP contribution in [0.1, 0.15) is 77.6 Å². The highest BCUT2D eigenvalue weighted by Crippen LogP contribution is 2.33. The van der Waals surface area contributed by atoms with Gasteiger partial charge in [0.25, 0.3) is 0 Å². The first-order valence-electron chi connectivity index (χ1n) is 7.78. The summed E-state index contributed by atoms with van der Waals surface area (Å²) in [6.45, 7) is 2.37. The molecule has 2 aliphatic carbocycles. The smallest absolute Gasteiger partial charge is 0.135 e. The van der Waals surface area contributed by atoms with Crippen molar-refractivity contribution < 1.29 is 4.79 Å². The summed E-state index contributed by atoms with van der Waals surface area (Å²) in [4.78, 5) is 12.1. The van der Waals surface area contributed by atoms with Crippen molar-refractivity contribution in [3.05, 3.63) is 0 Å². The Kier molecular flexibility index (Phi) is 5.06. The normalized spacial score (nSPS) is 31.4.